The highest BCUT2D eigenvalue weighted by Crippen LogP contribution is 2.28. The molecule has 62 valence electrons. The van der Waals surface area contributed by atoms with Crippen LogP contribution in [-0.2, 0) is 0 Å². The second-order valence-electron chi connectivity index (χ2n) is 2.64. The molecule has 1 nitrogen and oxygen atoms in total. The largest absolute Gasteiger partial charge is 0.372 e. The SMILES string of the molecule is Clc1ccc2c(c1)C(Cl)NC=C2. The van der Waals surface area contributed by atoms with Gasteiger partial charge in [0.25, 0.3) is 0 Å². The fourth-order valence-corrected chi connectivity index (χ4v) is 1.67. The molecular weight excluding hydrogens is 193 g/mol. The molecule has 0 amide bonds. The van der Waals surface area contributed by atoms with Crippen LogP contribution in [0.1, 0.15) is 16.6 Å². The van der Waals surface area contributed by atoms with Crippen LogP contribution >= 0.6 is 23.2 Å². The van der Waals surface area contributed by atoms with E-state index in [9.17, 15) is 0 Å². The second-order valence-corrected chi connectivity index (χ2v) is 3.51. The molecule has 0 spiro atoms. The zero-order valence-electron chi connectivity index (χ0n) is 6.22. The van der Waals surface area contributed by atoms with Crippen LogP contribution in [0.5, 0.6) is 0 Å². The number of benzene rings is 1. The van der Waals surface area contributed by atoms with E-state index >= 15 is 0 Å². The lowest BCUT2D eigenvalue weighted by atomic mass is 10.1. The van der Waals surface area contributed by atoms with E-state index in [0.717, 1.165) is 16.1 Å². The number of nitrogens with one attached hydrogen (secondary N) is 1. The standard InChI is InChI=1S/C9H7Cl2N/c10-7-2-1-6-3-4-12-9(11)8(6)5-7/h1-5,9,12H. The van der Waals surface area contributed by atoms with Gasteiger partial charge in [0.15, 0.2) is 0 Å². The smallest absolute Gasteiger partial charge is 0.127 e. The number of hydrogen-bond donors (Lipinski definition) is 1. The van der Waals surface area contributed by atoms with Gasteiger partial charge in [-0.1, -0.05) is 29.3 Å². The zero-order chi connectivity index (χ0) is 8.55. The highest BCUT2D eigenvalue weighted by Gasteiger charge is 2.12. The molecule has 0 fully saturated rings. The van der Waals surface area contributed by atoms with Crippen LogP contribution in [0.4, 0.5) is 0 Å². The van der Waals surface area contributed by atoms with E-state index in [-0.39, 0.29) is 5.50 Å². The molecule has 2 rings (SSSR count). The highest BCUT2D eigenvalue weighted by atomic mass is 35.5. The Labute approximate surface area is 81.0 Å². The van der Waals surface area contributed by atoms with Gasteiger partial charge < -0.3 is 5.32 Å². The van der Waals surface area contributed by atoms with Crippen LogP contribution in [0.15, 0.2) is 24.4 Å². The number of halogens is 2. The Kier molecular flexibility index (Phi) is 1.99. The molecule has 1 N–H and O–H groups in total. The van der Waals surface area contributed by atoms with E-state index in [0.29, 0.717) is 0 Å². The Bertz CT molecular complexity index is 333. The summed E-state index contributed by atoms with van der Waals surface area (Å²) in [5.74, 6) is 0. The van der Waals surface area contributed by atoms with Gasteiger partial charge >= 0.3 is 0 Å². The van der Waals surface area contributed by atoms with Gasteiger partial charge in [-0.25, -0.2) is 0 Å². The van der Waals surface area contributed by atoms with Crippen molar-refractivity contribution in [2.45, 2.75) is 5.50 Å². The third-order valence-electron chi connectivity index (χ3n) is 1.83. The minimum Gasteiger partial charge on any atom is -0.372 e. The summed E-state index contributed by atoms with van der Waals surface area (Å²) >= 11 is 11.8. The Morgan fingerprint density at radius 2 is 2.17 bits per heavy atom. The van der Waals surface area contributed by atoms with Crippen LogP contribution in [0, 0.1) is 0 Å². The Hall–Kier alpha value is -0.660. The molecule has 0 bridgehead atoms. The van der Waals surface area contributed by atoms with Crippen molar-refractivity contribution in [1.82, 2.24) is 5.32 Å². The van der Waals surface area contributed by atoms with Gasteiger partial charge in [0, 0.05) is 5.02 Å². The van der Waals surface area contributed by atoms with Gasteiger partial charge in [-0.2, -0.15) is 0 Å². The topological polar surface area (TPSA) is 12.0 Å². The molecule has 1 aromatic rings. The maximum Gasteiger partial charge on any atom is 0.127 e. The van der Waals surface area contributed by atoms with E-state index in [2.05, 4.69) is 5.32 Å². The summed E-state index contributed by atoms with van der Waals surface area (Å²) < 4.78 is 0. The first-order chi connectivity index (χ1) is 5.77. The summed E-state index contributed by atoms with van der Waals surface area (Å²) in [6.07, 6.45) is 3.82. The van der Waals surface area contributed by atoms with Crippen molar-refractivity contribution < 1.29 is 0 Å². The average Bonchev–Trinajstić information content (AvgIpc) is 2.07. The van der Waals surface area contributed by atoms with Crippen LogP contribution in [-0.4, -0.2) is 0 Å². The molecule has 1 unspecified atom stereocenters. The number of alkyl halides is 1. The fourth-order valence-electron chi connectivity index (χ4n) is 1.23. The maximum atomic E-state index is 6.00. The van der Waals surface area contributed by atoms with Crippen molar-refractivity contribution in [3.63, 3.8) is 0 Å². The lowest BCUT2D eigenvalue weighted by molar-refractivity contribution is 0.821. The van der Waals surface area contributed by atoms with Crippen molar-refractivity contribution in [3.8, 4) is 0 Å². The zero-order valence-corrected chi connectivity index (χ0v) is 7.73. The first kappa shape index (κ1) is 7.96. The summed E-state index contributed by atoms with van der Waals surface area (Å²) in [5, 5.41) is 3.71. The van der Waals surface area contributed by atoms with E-state index in [1.807, 2.05) is 30.5 Å². The third-order valence-corrected chi connectivity index (χ3v) is 2.42. The van der Waals surface area contributed by atoms with Crippen molar-refractivity contribution >= 4 is 29.3 Å². The van der Waals surface area contributed by atoms with Gasteiger partial charge in [-0.3, -0.25) is 0 Å². The molecule has 1 aromatic carbocycles. The van der Waals surface area contributed by atoms with Crippen molar-refractivity contribution in [2.24, 2.45) is 0 Å². The molecule has 3 heteroatoms. The lowest BCUT2D eigenvalue weighted by Crippen LogP contribution is -2.13. The molecule has 0 aromatic heterocycles. The van der Waals surface area contributed by atoms with Crippen LogP contribution < -0.4 is 5.32 Å². The van der Waals surface area contributed by atoms with Crippen molar-refractivity contribution in [3.05, 3.63) is 40.5 Å². The summed E-state index contributed by atoms with van der Waals surface area (Å²) in [6, 6.07) is 5.70. The number of fused-ring (bicyclic) bond motifs is 1. The number of rotatable bonds is 0. The van der Waals surface area contributed by atoms with E-state index in [4.69, 9.17) is 23.2 Å². The summed E-state index contributed by atoms with van der Waals surface area (Å²) in [5.41, 5.74) is 1.99. The van der Waals surface area contributed by atoms with Gasteiger partial charge in [-0.15, -0.1) is 0 Å². The first-order valence-electron chi connectivity index (χ1n) is 3.63. The van der Waals surface area contributed by atoms with Crippen LogP contribution in [0.2, 0.25) is 5.02 Å². The van der Waals surface area contributed by atoms with Gasteiger partial charge in [0.05, 0.1) is 0 Å². The fraction of sp³-hybridized carbons (Fsp3) is 0.111. The molecule has 1 heterocycles. The maximum absolute atomic E-state index is 6.00. The molecule has 1 atom stereocenters. The molecule has 1 aliphatic rings. The van der Waals surface area contributed by atoms with E-state index in [1.54, 1.807) is 0 Å². The molecule has 12 heavy (non-hydrogen) atoms. The minimum absolute atomic E-state index is 0.163. The first-order valence-corrected chi connectivity index (χ1v) is 4.45. The normalized spacial score (nSPS) is 20.0. The average molecular weight is 200 g/mol. The predicted molar refractivity (Wildman–Crippen MR) is 52.2 cm³/mol. The molecular formula is C9H7Cl2N. The molecule has 0 saturated carbocycles. The quantitative estimate of drug-likeness (QED) is 0.501. The van der Waals surface area contributed by atoms with Gasteiger partial charge in [0.2, 0.25) is 0 Å². The molecule has 0 saturated heterocycles. The van der Waals surface area contributed by atoms with Crippen molar-refractivity contribution in [2.75, 3.05) is 0 Å². The van der Waals surface area contributed by atoms with E-state index < -0.39 is 0 Å². The summed E-state index contributed by atoms with van der Waals surface area (Å²) in [6.45, 7) is 0. The van der Waals surface area contributed by atoms with Gasteiger partial charge in [0.1, 0.15) is 5.50 Å². The Morgan fingerprint density at radius 3 is 3.00 bits per heavy atom. The molecule has 1 aliphatic heterocycles. The third kappa shape index (κ3) is 1.30. The monoisotopic (exact) mass is 199 g/mol. The Morgan fingerprint density at radius 1 is 1.33 bits per heavy atom. The Balaban J connectivity index is 2.56. The number of hydrogen-bond acceptors (Lipinski definition) is 1. The highest BCUT2D eigenvalue weighted by molar-refractivity contribution is 6.31. The molecule has 0 aliphatic carbocycles. The summed E-state index contributed by atoms with van der Waals surface area (Å²) in [7, 11) is 0. The van der Waals surface area contributed by atoms with Crippen LogP contribution in [0.3, 0.4) is 0 Å². The molecule has 0 radical (unpaired) electrons. The van der Waals surface area contributed by atoms with Crippen LogP contribution in [0.25, 0.3) is 6.08 Å². The van der Waals surface area contributed by atoms with E-state index in [1.165, 1.54) is 0 Å². The van der Waals surface area contributed by atoms with Gasteiger partial charge in [-0.05, 0) is 35.5 Å². The lowest BCUT2D eigenvalue weighted by Gasteiger charge is -2.17. The minimum atomic E-state index is -0.163. The van der Waals surface area contributed by atoms with Crippen molar-refractivity contribution in [1.29, 1.82) is 0 Å². The summed E-state index contributed by atoms with van der Waals surface area (Å²) in [4.78, 5) is 0. The predicted octanol–water partition coefficient (Wildman–Crippen LogP) is 3.15. The second kappa shape index (κ2) is 3.00.